The van der Waals surface area contributed by atoms with Crippen LogP contribution in [0.4, 0.5) is 0 Å². The minimum atomic E-state index is 0.442. The Hall–Kier alpha value is -1.38. The predicted octanol–water partition coefficient (Wildman–Crippen LogP) is 3.44. The molecule has 0 aliphatic carbocycles. The molecule has 0 saturated heterocycles. The number of benzene rings is 2. The first-order valence-electron chi connectivity index (χ1n) is 7.07. The van der Waals surface area contributed by atoms with Crippen molar-refractivity contribution in [2.45, 2.75) is 19.4 Å². The molecule has 1 N–H and O–H groups in total. The molecule has 0 radical (unpaired) electrons. The van der Waals surface area contributed by atoms with E-state index in [0.29, 0.717) is 6.04 Å². The summed E-state index contributed by atoms with van der Waals surface area (Å²) in [6.07, 6.45) is 1.14. The summed E-state index contributed by atoms with van der Waals surface area (Å²) in [4.78, 5) is 2.24. The van der Waals surface area contributed by atoms with Gasteiger partial charge in [0.2, 0.25) is 0 Å². The van der Waals surface area contributed by atoms with E-state index < -0.39 is 0 Å². The van der Waals surface area contributed by atoms with Gasteiger partial charge in [0.15, 0.2) is 0 Å². The third-order valence-electron chi connectivity index (χ3n) is 3.49. The van der Waals surface area contributed by atoms with E-state index in [1.807, 2.05) is 0 Å². The van der Waals surface area contributed by atoms with E-state index in [1.165, 1.54) is 16.3 Å². The van der Waals surface area contributed by atoms with Crippen molar-refractivity contribution in [2.75, 3.05) is 27.2 Å². The summed E-state index contributed by atoms with van der Waals surface area (Å²) in [6, 6.07) is 15.8. The van der Waals surface area contributed by atoms with Crippen LogP contribution in [0.15, 0.2) is 42.5 Å². The van der Waals surface area contributed by atoms with Crippen LogP contribution in [0.3, 0.4) is 0 Å². The molecule has 19 heavy (non-hydrogen) atoms. The van der Waals surface area contributed by atoms with Crippen molar-refractivity contribution in [1.29, 1.82) is 0 Å². The zero-order valence-electron chi connectivity index (χ0n) is 12.2. The van der Waals surface area contributed by atoms with Gasteiger partial charge in [-0.1, -0.05) is 43.3 Å². The van der Waals surface area contributed by atoms with Gasteiger partial charge in [0.1, 0.15) is 0 Å². The Kier molecular flexibility index (Phi) is 4.94. The van der Waals surface area contributed by atoms with Crippen molar-refractivity contribution in [2.24, 2.45) is 0 Å². The molecule has 2 aromatic carbocycles. The molecule has 0 amide bonds. The maximum atomic E-state index is 3.59. The van der Waals surface area contributed by atoms with Crippen molar-refractivity contribution < 1.29 is 0 Å². The highest BCUT2D eigenvalue weighted by atomic mass is 15.1. The highest BCUT2D eigenvalue weighted by molar-refractivity contribution is 5.83. The first-order chi connectivity index (χ1) is 9.20. The average molecular weight is 256 g/mol. The maximum Gasteiger partial charge on any atom is 0.0332 e. The van der Waals surface area contributed by atoms with Gasteiger partial charge in [-0.3, -0.25) is 0 Å². The Morgan fingerprint density at radius 1 is 1.05 bits per heavy atom. The lowest BCUT2D eigenvalue weighted by molar-refractivity contribution is 0.363. The number of rotatable bonds is 6. The second-order valence-corrected chi connectivity index (χ2v) is 5.31. The molecule has 0 aliphatic heterocycles. The van der Waals surface area contributed by atoms with Gasteiger partial charge in [-0.05, 0) is 56.0 Å². The minimum Gasteiger partial charge on any atom is -0.310 e. The zero-order chi connectivity index (χ0) is 13.7. The van der Waals surface area contributed by atoms with Crippen LogP contribution in [-0.2, 0) is 0 Å². The van der Waals surface area contributed by atoms with E-state index in [1.54, 1.807) is 0 Å². The molecule has 2 heteroatoms. The number of hydrogen-bond acceptors (Lipinski definition) is 2. The van der Waals surface area contributed by atoms with Gasteiger partial charge in [0.05, 0.1) is 0 Å². The second kappa shape index (κ2) is 6.69. The Morgan fingerprint density at radius 2 is 1.79 bits per heavy atom. The van der Waals surface area contributed by atoms with Crippen LogP contribution < -0.4 is 5.32 Å². The Balaban J connectivity index is 2.22. The lowest BCUT2D eigenvalue weighted by Gasteiger charge is -2.21. The van der Waals surface area contributed by atoms with Crippen LogP contribution in [0.25, 0.3) is 10.8 Å². The monoisotopic (exact) mass is 256 g/mol. The molecule has 0 aromatic heterocycles. The molecule has 1 unspecified atom stereocenters. The standard InChI is InChI=1S/C17H24N2/c1-4-18-17(11-12-19(2)3)16-10-9-14-7-5-6-8-15(14)13-16/h5-10,13,17-18H,4,11-12H2,1-3H3. The third kappa shape index (κ3) is 3.79. The Labute approximate surface area is 116 Å². The quantitative estimate of drug-likeness (QED) is 0.851. The van der Waals surface area contributed by atoms with Crippen LogP contribution in [0.5, 0.6) is 0 Å². The van der Waals surface area contributed by atoms with Gasteiger partial charge in [0.25, 0.3) is 0 Å². The molecule has 2 aromatic rings. The van der Waals surface area contributed by atoms with Gasteiger partial charge in [-0.15, -0.1) is 0 Å². The van der Waals surface area contributed by atoms with Crippen molar-refractivity contribution >= 4 is 10.8 Å². The third-order valence-corrected chi connectivity index (χ3v) is 3.49. The van der Waals surface area contributed by atoms with Gasteiger partial charge in [-0.2, -0.15) is 0 Å². The van der Waals surface area contributed by atoms with Crippen LogP contribution >= 0.6 is 0 Å². The molecule has 0 spiro atoms. The summed E-state index contributed by atoms with van der Waals surface area (Å²) in [7, 11) is 4.26. The Bertz CT molecular complexity index is 519. The summed E-state index contributed by atoms with van der Waals surface area (Å²) < 4.78 is 0. The summed E-state index contributed by atoms with van der Waals surface area (Å²) in [5.74, 6) is 0. The molecule has 0 saturated carbocycles. The SMILES string of the molecule is CCNC(CCN(C)C)c1ccc2ccccc2c1. The lowest BCUT2D eigenvalue weighted by atomic mass is 9.99. The number of nitrogens with zero attached hydrogens (tertiary/aromatic N) is 1. The second-order valence-electron chi connectivity index (χ2n) is 5.31. The summed E-state index contributed by atoms with van der Waals surface area (Å²) >= 11 is 0. The van der Waals surface area contributed by atoms with E-state index in [4.69, 9.17) is 0 Å². The average Bonchev–Trinajstić information content (AvgIpc) is 2.42. The fourth-order valence-corrected chi connectivity index (χ4v) is 2.44. The number of hydrogen-bond donors (Lipinski definition) is 1. The summed E-state index contributed by atoms with van der Waals surface area (Å²) in [5, 5.41) is 6.23. The molecule has 0 heterocycles. The normalized spacial score (nSPS) is 13.1. The van der Waals surface area contributed by atoms with Crippen molar-refractivity contribution in [3.63, 3.8) is 0 Å². The summed E-state index contributed by atoms with van der Waals surface area (Å²) in [6.45, 7) is 4.28. The van der Waals surface area contributed by atoms with Gasteiger partial charge < -0.3 is 10.2 Å². The first kappa shape index (κ1) is 14.0. The van der Waals surface area contributed by atoms with Crippen LogP contribution in [0, 0.1) is 0 Å². The van der Waals surface area contributed by atoms with E-state index >= 15 is 0 Å². The Morgan fingerprint density at radius 3 is 2.47 bits per heavy atom. The molecular weight excluding hydrogens is 232 g/mol. The molecule has 102 valence electrons. The minimum absolute atomic E-state index is 0.442. The van der Waals surface area contributed by atoms with E-state index in [0.717, 1.165) is 19.5 Å². The van der Waals surface area contributed by atoms with Crippen molar-refractivity contribution in [1.82, 2.24) is 10.2 Å². The largest absolute Gasteiger partial charge is 0.310 e. The predicted molar refractivity (Wildman–Crippen MR) is 83.5 cm³/mol. The highest BCUT2D eigenvalue weighted by Gasteiger charge is 2.10. The number of nitrogens with one attached hydrogen (secondary N) is 1. The van der Waals surface area contributed by atoms with Crippen LogP contribution in [-0.4, -0.2) is 32.1 Å². The summed E-state index contributed by atoms with van der Waals surface area (Å²) in [5.41, 5.74) is 1.39. The fourth-order valence-electron chi connectivity index (χ4n) is 2.44. The topological polar surface area (TPSA) is 15.3 Å². The first-order valence-corrected chi connectivity index (χ1v) is 7.07. The van der Waals surface area contributed by atoms with E-state index in [-0.39, 0.29) is 0 Å². The molecule has 0 aliphatic rings. The van der Waals surface area contributed by atoms with E-state index in [9.17, 15) is 0 Å². The molecule has 0 bridgehead atoms. The smallest absolute Gasteiger partial charge is 0.0332 e. The van der Waals surface area contributed by atoms with Gasteiger partial charge >= 0.3 is 0 Å². The van der Waals surface area contributed by atoms with E-state index in [2.05, 4.69) is 73.7 Å². The number of fused-ring (bicyclic) bond motifs is 1. The van der Waals surface area contributed by atoms with Crippen molar-refractivity contribution in [3.05, 3.63) is 48.0 Å². The molecule has 1 atom stereocenters. The molecular formula is C17H24N2. The lowest BCUT2D eigenvalue weighted by Crippen LogP contribution is -2.25. The van der Waals surface area contributed by atoms with Crippen LogP contribution in [0.1, 0.15) is 24.9 Å². The zero-order valence-corrected chi connectivity index (χ0v) is 12.2. The van der Waals surface area contributed by atoms with Gasteiger partial charge in [-0.25, -0.2) is 0 Å². The van der Waals surface area contributed by atoms with Gasteiger partial charge in [0, 0.05) is 6.04 Å². The molecule has 0 fully saturated rings. The fraction of sp³-hybridized carbons (Fsp3) is 0.412. The highest BCUT2D eigenvalue weighted by Crippen LogP contribution is 2.22. The molecule has 2 rings (SSSR count). The molecule has 2 nitrogen and oxygen atoms in total. The van der Waals surface area contributed by atoms with Crippen molar-refractivity contribution in [3.8, 4) is 0 Å². The maximum absolute atomic E-state index is 3.59. The van der Waals surface area contributed by atoms with Crippen LogP contribution in [0.2, 0.25) is 0 Å².